The van der Waals surface area contributed by atoms with Gasteiger partial charge in [0, 0.05) is 56.4 Å². The van der Waals surface area contributed by atoms with Crippen molar-refractivity contribution in [3.63, 3.8) is 0 Å². The predicted molar refractivity (Wildman–Crippen MR) is 223 cm³/mol. The van der Waals surface area contributed by atoms with Crippen LogP contribution in [-0.2, 0) is 0 Å². The van der Waals surface area contributed by atoms with Gasteiger partial charge in [0.2, 0.25) is 0 Å². The summed E-state index contributed by atoms with van der Waals surface area (Å²) in [4.78, 5) is 15.4. The molecule has 0 amide bonds. The van der Waals surface area contributed by atoms with Gasteiger partial charge in [-0.3, -0.25) is 0 Å². The van der Waals surface area contributed by atoms with Gasteiger partial charge >= 0.3 is 0 Å². The lowest BCUT2D eigenvalue weighted by molar-refractivity contribution is 0.758. The molecule has 0 fully saturated rings. The van der Waals surface area contributed by atoms with E-state index in [0.29, 0.717) is 11.6 Å². The molecule has 0 saturated carbocycles. The van der Waals surface area contributed by atoms with Crippen molar-refractivity contribution in [1.29, 1.82) is 0 Å². The number of nitrogens with zero attached hydrogens (tertiary/aromatic N) is 5. The monoisotopic (exact) mass is 691 g/mol. The van der Waals surface area contributed by atoms with Gasteiger partial charge in [-0.25, -0.2) is 15.0 Å². The number of rotatable bonds is 5. The maximum atomic E-state index is 5.20. The Kier molecular flexibility index (Phi) is 6.92. The van der Waals surface area contributed by atoms with Gasteiger partial charge in [0.1, 0.15) is 5.82 Å². The number of allylic oxidation sites excluding steroid dienone is 4. The molecule has 54 heavy (non-hydrogen) atoms. The normalized spacial score (nSPS) is 14.4. The fraction of sp³-hybridized carbons (Fsp3) is 0.0408. The largest absolute Gasteiger partial charge is 0.313 e. The molecular formula is C49H33N5. The van der Waals surface area contributed by atoms with Crippen molar-refractivity contribution in [3.05, 3.63) is 188 Å². The van der Waals surface area contributed by atoms with E-state index in [1.54, 1.807) is 0 Å². The first kappa shape index (κ1) is 30.5. The zero-order valence-electron chi connectivity index (χ0n) is 29.3. The lowest BCUT2D eigenvalue weighted by atomic mass is 9.96. The summed E-state index contributed by atoms with van der Waals surface area (Å²) < 4.78 is 4.85. The topological polar surface area (TPSA) is 48.5 Å². The molecule has 1 aliphatic rings. The van der Waals surface area contributed by atoms with E-state index in [1.807, 2.05) is 18.2 Å². The molecule has 0 spiro atoms. The van der Waals surface area contributed by atoms with E-state index in [1.165, 1.54) is 54.7 Å². The van der Waals surface area contributed by atoms with E-state index in [2.05, 4.69) is 173 Å². The van der Waals surface area contributed by atoms with Crippen LogP contribution < -0.4 is 0 Å². The quantitative estimate of drug-likeness (QED) is 0.180. The molecule has 254 valence electrons. The van der Waals surface area contributed by atoms with Crippen LogP contribution in [0, 0.1) is 0 Å². The zero-order chi connectivity index (χ0) is 35.6. The Bertz CT molecular complexity index is 3130. The highest BCUT2D eigenvalue weighted by atomic mass is 15.0. The summed E-state index contributed by atoms with van der Waals surface area (Å²) in [7, 11) is 0. The van der Waals surface area contributed by atoms with Crippen LogP contribution in [0.1, 0.15) is 18.2 Å². The van der Waals surface area contributed by atoms with Gasteiger partial charge in [-0.15, -0.1) is 0 Å². The van der Waals surface area contributed by atoms with Crippen LogP contribution in [0.4, 0.5) is 0 Å². The van der Waals surface area contributed by atoms with Crippen molar-refractivity contribution in [2.75, 3.05) is 0 Å². The van der Waals surface area contributed by atoms with E-state index >= 15 is 0 Å². The highest BCUT2D eigenvalue weighted by molar-refractivity contribution is 6.19. The second-order valence-electron chi connectivity index (χ2n) is 14.0. The minimum atomic E-state index is -0.0506. The molecule has 7 aromatic carbocycles. The van der Waals surface area contributed by atoms with Crippen LogP contribution in [0.2, 0.25) is 0 Å². The Morgan fingerprint density at radius 2 is 1.06 bits per heavy atom. The molecule has 1 unspecified atom stereocenters. The summed E-state index contributed by atoms with van der Waals surface area (Å²) >= 11 is 0. The lowest BCUT2D eigenvalue weighted by Crippen LogP contribution is -2.11. The molecule has 0 N–H and O–H groups in total. The summed E-state index contributed by atoms with van der Waals surface area (Å²) in [5, 5.41) is 7.33. The summed E-state index contributed by atoms with van der Waals surface area (Å²) in [6, 6.07) is 58.1. The highest BCUT2D eigenvalue weighted by Gasteiger charge is 2.24. The average Bonchev–Trinajstić information content (AvgIpc) is 3.75. The molecule has 0 aliphatic heterocycles. The van der Waals surface area contributed by atoms with Crippen molar-refractivity contribution < 1.29 is 0 Å². The average molecular weight is 692 g/mol. The van der Waals surface area contributed by atoms with Gasteiger partial charge in [0.05, 0.1) is 22.1 Å². The fourth-order valence-electron chi connectivity index (χ4n) is 8.33. The highest BCUT2D eigenvalue weighted by Crippen LogP contribution is 2.41. The molecule has 0 bridgehead atoms. The third-order valence-electron chi connectivity index (χ3n) is 10.9. The van der Waals surface area contributed by atoms with Crippen LogP contribution in [0.25, 0.3) is 88.5 Å². The first-order valence-corrected chi connectivity index (χ1v) is 18.5. The maximum absolute atomic E-state index is 5.20. The summed E-state index contributed by atoms with van der Waals surface area (Å²) in [5.74, 6) is 2.08. The number of hydrogen-bond donors (Lipinski definition) is 0. The fourth-order valence-corrected chi connectivity index (χ4v) is 8.33. The van der Waals surface area contributed by atoms with Crippen LogP contribution in [-0.4, -0.2) is 24.1 Å². The summed E-state index contributed by atoms with van der Waals surface area (Å²) in [6.45, 7) is 0. The van der Waals surface area contributed by atoms with Crippen molar-refractivity contribution in [1.82, 2.24) is 24.1 Å². The van der Waals surface area contributed by atoms with Crippen molar-refractivity contribution in [2.24, 2.45) is 0 Å². The van der Waals surface area contributed by atoms with E-state index < -0.39 is 0 Å². The molecular weight excluding hydrogens is 659 g/mol. The minimum Gasteiger partial charge on any atom is -0.313 e. The van der Waals surface area contributed by atoms with Gasteiger partial charge in [-0.05, 0) is 59.3 Å². The smallest absolute Gasteiger partial charge is 0.163 e. The lowest BCUT2D eigenvalue weighted by Gasteiger charge is -2.21. The molecule has 3 heterocycles. The first-order chi connectivity index (χ1) is 26.8. The van der Waals surface area contributed by atoms with E-state index in [-0.39, 0.29) is 5.92 Å². The van der Waals surface area contributed by atoms with Gasteiger partial charge in [0.15, 0.2) is 11.6 Å². The van der Waals surface area contributed by atoms with Crippen LogP contribution in [0.15, 0.2) is 182 Å². The number of aromatic nitrogens is 5. The Morgan fingerprint density at radius 1 is 0.444 bits per heavy atom. The van der Waals surface area contributed by atoms with Crippen LogP contribution in [0.5, 0.6) is 0 Å². The molecule has 11 rings (SSSR count). The molecule has 0 saturated heterocycles. The van der Waals surface area contributed by atoms with E-state index in [4.69, 9.17) is 15.0 Å². The van der Waals surface area contributed by atoms with E-state index in [9.17, 15) is 0 Å². The predicted octanol–water partition coefficient (Wildman–Crippen LogP) is 12.1. The van der Waals surface area contributed by atoms with Crippen LogP contribution >= 0.6 is 0 Å². The third kappa shape index (κ3) is 4.90. The summed E-state index contributed by atoms with van der Waals surface area (Å²) in [5.41, 5.74) is 9.06. The third-order valence-corrected chi connectivity index (χ3v) is 10.9. The SMILES string of the molecule is C1=CC(c2nc(-c3ccccc3)nc(-c3ccc4ccccc4c3)n2)CC(n2c3ccccc3c3cc4c5ccccc5n(-c5ccccc5)c4cc32)=C1. The zero-order valence-corrected chi connectivity index (χ0v) is 29.3. The first-order valence-electron chi connectivity index (χ1n) is 18.5. The van der Waals surface area contributed by atoms with Gasteiger partial charge in [-0.1, -0.05) is 133 Å². The van der Waals surface area contributed by atoms with Gasteiger partial charge in [0.25, 0.3) is 0 Å². The Morgan fingerprint density at radius 3 is 1.81 bits per heavy atom. The summed E-state index contributed by atoms with van der Waals surface area (Å²) in [6.07, 6.45) is 7.39. The number of hydrogen-bond acceptors (Lipinski definition) is 3. The Hall–Kier alpha value is -7.11. The second kappa shape index (κ2) is 12.2. The maximum Gasteiger partial charge on any atom is 0.163 e. The van der Waals surface area contributed by atoms with Crippen molar-refractivity contribution in [2.45, 2.75) is 12.3 Å². The van der Waals surface area contributed by atoms with Crippen molar-refractivity contribution in [3.8, 4) is 28.5 Å². The molecule has 1 atom stereocenters. The molecule has 10 aromatic rings. The Labute approximate surface area is 311 Å². The second-order valence-corrected chi connectivity index (χ2v) is 14.0. The molecule has 0 radical (unpaired) electrons. The molecule has 5 heteroatoms. The molecule has 1 aliphatic carbocycles. The van der Waals surface area contributed by atoms with Crippen LogP contribution in [0.3, 0.4) is 0 Å². The molecule has 3 aromatic heterocycles. The number of benzene rings is 7. The van der Waals surface area contributed by atoms with Gasteiger partial charge in [-0.2, -0.15) is 0 Å². The minimum absolute atomic E-state index is 0.0506. The molecule has 5 nitrogen and oxygen atoms in total. The number of fused-ring (bicyclic) bond motifs is 7. The number of para-hydroxylation sites is 3. The van der Waals surface area contributed by atoms with Gasteiger partial charge < -0.3 is 9.13 Å². The standard InChI is InChI=1S/C49H33N5/c1-3-15-33(16-4-1)47-50-48(52-49(51-47)36-27-26-32-14-7-8-17-34(32)28-36)35-18-13-21-38(29-35)54-44-25-12-10-23-40(44)42-30-41-39-22-9-11-24-43(39)53(45(41)31-46(42)54)37-19-5-2-6-20-37/h1-28,30-31,35H,29H2. The van der Waals surface area contributed by atoms with Crippen molar-refractivity contribution >= 4 is 60.1 Å². The van der Waals surface area contributed by atoms with E-state index in [0.717, 1.165) is 34.4 Å². The Balaban J connectivity index is 1.08.